The zero-order valence-electron chi connectivity index (χ0n) is 16.9. The van der Waals surface area contributed by atoms with Gasteiger partial charge in [-0.05, 0) is 47.7 Å². The van der Waals surface area contributed by atoms with Gasteiger partial charge < -0.3 is 4.98 Å². The lowest BCUT2D eigenvalue weighted by atomic mass is 10.1. The summed E-state index contributed by atoms with van der Waals surface area (Å²) in [5, 5.41) is 0.985. The normalized spacial score (nSPS) is 11.8. The number of pyridine rings is 1. The van der Waals surface area contributed by atoms with Gasteiger partial charge >= 0.3 is 0 Å². The molecule has 1 aromatic heterocycles. The zero-order valence-corrected chi connectivity index (χ0v) is 18.5. The van der Waals surface area contributed by atoms with Crippen molar-refractivity contribution in [3.63, 3.8) is 0 Å². The van der Waals surface area contributed by atoms with Gasteiger partial charge in [0.05, 0.1) is 5.02 Å². The average molecular weight is 453 g/mol. The summed E-state index contributed by atoms with van der Waals surface area (Å²) in [5.74, 6) is 0. The number of aromatic amines is 1. The van der Waals surface area contributed by atoms with E-state index in [4.69, 9.17) is 11.6 Å². The highest BCUT2D eigenvalue weighted by Crippen LogP contribution is 2.27. The summed E-state index contributed by atoms with van der Waals surface area (Å²) in [6.07, 6.45) is 0. The molecular formula is C24H21ClN2O3S. The number of sulfonamides is 1. The van der Waals surface area contributed by atoms with E-state index in [9.17, 15) is 13.2 Å². The molecule has 0 saturated carbocycles. The SMILES string of the molecule is Cc1ccc2cc(CN(Cc3ccccc3)S(=O)(=O)c3ccccc3Cl)c(=O)[nH]c2c1. The summed E-state index contributed by atoms with van der Waals surface area (Å²) < 4.78 is 28.3. The Bertz CT molecular complexity index is 1400. The minimum absolute atomic E-state index is 0.0143. The van der Waals surface area contributed by atoms with Gasteiger partial charge in [-0.15, -0.1) is 0 Å². The molecular weight excluding hydrogens is 432 g/mol. The van der Waals surface area contributed by atoms with Crippen LogP contribution in [0.5, 0.6) is 0 Å². The molecule has 0 aliphatic heterocycles. The fraction of sp³-hybridized carbons (Fsp3) is 0.125. The third-order valence-electron chi connectivity index (χ3n) is 5.08. The number of benzene rings is 3. The molecule has 0 spiro atoms. The van der Waals surface area contributed by atoms with E-state index in [1.54, 1.807) is 24.3 Å². The standard InChI is InChI=1S/C24H21ClN2O3S/c1-17-11-12-19-14-20(24(28)26-22(19)13-17)16-27(15-18-7-3-2-4-8-18)31(29,30)23-10-6-5-9-21(23)25/h2-14H,15-16H2,1H3,(H,26,28). The Morgan fingerprint density at radius 1 is 0.903 bits per heavy atom. The molecule has 7 heteroatoms. The lowest BCUT2D eigenvalue weighted by Crippen LogP contribution is -2.32. The Morgan fingerprint density at radius 3 is 2.35 bits per heavy atom. The van der Waals surface area contributed by atoms with Gasteiger partial charge in [0, 0.05) is 24.2 Å². The van der Waals surface area contributed by atoms with Crippen LogP contribution in [0.25, 0.3) is 10.9 Å². The van der Waals surface area contributed by atoms with Crippen molar-refractivity contribution in [2.75, 3.05) is 0 Å². The first-order valence-corrected chi connectivity index (χ1v) is 11.6. The molecule has 0 fully saturated rings. The van der Waals surface area contributed by atoms with E-state index in [0.29, 0.717) is 5.56 Å². The topological polar surface area (TPSA) is 70.2 Å². The lowest BCUT2D eigenvalue weighted by Gasteiger charge is -2.23. The zero-order chi connectivity index (χ0) is 22.0. The number of nitrogens with one attached hydrogen (secondary N) is 1. The molecule has 4 aromatic rings. The first kappa shape index (κ1) is 21.3. The lowest BCUT2D eigenvalue weighted by molar-refractivity contribution is 0.400. The second-order valence-electron chi connectivity index (χ2n) is 7.40. The summed E-state index contributed by atoms with van der Waals surface area (Å²) in [6, 6.07) is 23.1. The number of rotatable bonds is 6. The number of aromatic nitrogens is 1. The van der Waals surface area contributed by atoms with Crippen molar-refractivity contribution in [3.05, 3.63) is 111 Å². The highest BCUT2D eigenvalue weighted by atomic mass is 35.5. The maximum Gasteiger partial charge on any atom is 0.252 e. The molecule has 5 nitrogen and oxygen atoms in total. The Labute approximate surface area is 186 Å². The Hall–Kier alpha value is -2.93. The highest BCUT2D eigenvalue weighted by Gasteiger charge is 2.27. The van der Waals surface area contributed by atoms with Gasteiger partial charge in [0.25, 0.3) is 5.56 Å². The van der Waals surface area contributed by atoms with Gasteiger partial charge in [-0.25, -0.2) is 8.42 Å². The molecule has 0 atom stereocenters. The number of H-pyrrole nitrogens is 1. The second kappa shape index (κ2) is 8.67. The number of aryl methyl sites for hydroxylation is 1. The number of hydrogen-bond acceptors (Lipinski definition) is 3. The van der Waals surface area contributed by atoms with E-state index in [2.05, 4.69) is 4.98 Å². The van der Waals surface area contributed by atoms with E-state index in [-0.39, 0.29) is 28.6 Å². The first-order chi connectivity index (χ1) is 14.8. The van der Waals surface area contributed by atoms with Crippen LogP contribution < -0.4 is 5.56 Å². The molecule has 0 aliphatic carbocycles. The maximum atomic E-state index is 13.5. The fourth-order valence-electron chi connectivity index (χ4n) is 3.47. The van der Waals surface area contributed by atoms with Gasteiger partial charge in [-0.1, -0.05) is 66.2 Å². The van der Waals surface area contributed by atoms with Crippen LogP contribution in [0.1, 0.15) is 16.7 Å². The molecule has 1 heterocycles. The monoisotopic (exact) mass is 452 g/mol. The van der Waals surface area contributed by atoms with Crippen LogP contribution in [-0.2, 0) is 23.1 Å². The van der Waals surface area contributed by atoms with Crippen molar-refractivity contribution >= 4 is 32.5 Å². The molecule has 1 N–H and O–H groups in total. The van der Waals surface area contributed by atoms with E-state index in [1.165, 1.54) is 10.4 Å². The van der Waals surface area contributed by atoms with Crippen molar-refractivity contribution in [2.45, 2.75) is 24.9 Å². The molecule has 4 rings (SSSR count). The van der Waals surface area contributed by atoms with Crippen LogP contribution in [0.2, 0.25) is 5.02 Å². The Kier molecular flexibility index (Phi) is 5.96. The number of halogens is 1. The summed E-state index contributed by atoms with van der Waals surface area (Å²) >= 11 is 6.21. The van der Waals surface area contributed by atoms with E-state index in [0.717, 1.165) is 22.0 Å². The summed E-state index contributed by atoms with van der Waals surface area (Å²) in [7, 11) is -3.96. The molecule has 0 bridgehead atoms. The molecule has 0 saturated heterocycles. The largest absolute Gasteiger partial charge is 0.322 e. The predicted octanol–water partition coefficient (Wildman–Crippen LogP) is 4.88. The van der Waals surface area contributed by atoms with Gasteiger partial charge in [-0.2, -0.15) is 4.31 Å². The minimum atomic E-state index is -3.96. The van der Waals surface area contributed by atoms with E-state index >= 15 is 0 Å². The number of nitrogens with zero attached hydrogens (tertiary/aromatic N) is 1. The summed E-state index contributed by atoms with van der Waals surface area (Å²) in [5.41, 5.74) is 2.61. The first-order valence-electron chi connectivity index (χ1n) is 9.76. The third kappa shape index (κ3) is 4.56. The van der Waals surface area contributed by atoms with Crippen molar-refractivity contribution in [3.8, 4) is 0 Å². The fourth-order valence-corrected chi connectivity index (χ4v) is 5.37. The quantitative estimate of drug-likeness (QED) is 0.453. The highest BCUT2D eigenvalue weighted by molar-refractivity contribution is 7.89. The van der Waals surface area contributed by atoms with Crippen LogP contribution in [0.3, 0.4) is 0 Å². The van der Waals surface area contributed by atoms with Gasteiger partial charge in [0.2, 0.25) is 10.0 Å². The van der Waals surface area contributed by atoms with Crippen LogP contribution in [0.4, 0.5) is 0 Å². The third-order valence-corrected chi connectivity index (χ3v) is 7.37. The molecule has 0 aliphatic rings. The van der Waals surface area contributed by atoms with Crippen LogP contribution in [-0.4, -0.2) is 17.7 Å². The smallest absolute Gasteiger partial charge is 0.252 e. The Morgan fingerprint density at radius 2 is 1.61 bits per heavy atom. The number of fused-ring (bicyclic) bond motifs is 1. The van der Waals surface area contributed by atoms with Crippen LogP contribution >= 0.6 is 11.6 Å². The summed E-state index contributed by atoms with van der Waals surface area (Å²) in [4.78, 5) is 15.6. The Balaban J connectivity index is 1.79. The van der Waals surface area contributed by atoms with Crippen molar-refractivity contribution in [1.29, 1.82) is 0 Å². The molecule has 3 aromatic carbocycles. The molecule has 158 valence electrons. The van der Waals surface area contributed by atoms with Crippen molar-refractivity contribution in [1.82, 2.24) is 9.29 Å². The maximum absolute atomic E-state index is 13.5. The number of hydrogen-bond donors (Lipinski definition) is 1. The molecule has 0 radical (unpaired) electrons. The van der Waals surface area contributed by atoms with Crippen LogP contribution in [0.15, 0.2) is 88.6 Å². The average Bonchev–Trinajstić information content (AvgIpc) is 2.74. The summed E-state index contributed by atoms with van der Waals surface area (Å²) in [6.45, 7) is 1.98. The van der Waals surface area contributed by atoms with E-state index in [1.807, 2.05) is 55.5 Å². The molecule has 0 amide bonds. The predicted molar refractivity (Wildman–Crippen MR) is 124 cm³/mol. The second-order valence-corrected chi connectivity index (χ2v) is 9.72. The minimum Gasteiger partial charge on any atom is -0.322 e. The van der Waals surface area contributed by atoms with Gasteiger partial charge in [-0.3, -0.25) is 4.79 Å². The molecule has 0 unspecified atom stereocenters. The van der Waals surface area contributed by atoms with Crippen LogP contribution in [0, 0.1) is 6.92 Å². The van der Waals surface area contributed by atoms with Gasteiger partial charge in [0.15, 0.2) is 0 Å². The van der Waals surface area contributed by atoms with Crippen molar-refractivity contribution < 1.29 is 8.42 Å². The van der Waals surface area contributed by atoms with Crippen molar-refractivity contribution in [2.24, 2.45) is 0 Å². The van der Waals surface area contributed by atoms with Gasteiger partial charge in [0.1, 0.15) is 4.90 Å². The molecule has 31 heavy (non-hydrogen) atoms. The van der Waals surface area contributed by atoms with E-state index < -0.39 is 10.0 Å².